The number of halogens is 4. The van der Waals surface area contributed by atoms with E-state index in [-0.39, 0.29) is 40.8 Å². The highest BCUT2D eigenvalue weighted by Crippen LogP contribution is 2.33. The van der Waals surface area contributed by atoms with Gasteiger partial charge in [-0.15, -0.1) is 0 Å². The first-order valence-corrected chi connectivity index (χ1v) is 9.56. The summed E-state index contributed by atoms with van der Waals surface area (Å²) >= 11 is 0. The highest BCUT2D eigenvalue weighted by Gasteiger charge is 2.36. The van der Waals surface area contributed by atoms with E-state index in [1.165, 1.54) is 41.0 Å². The summed E-state index contributed by atoms with van der Waals surface area (Å²) in [4.78, 5) is 31.0. The fourth-order valence-corrected chi connectivity index (χ4v) is 3.50. The minimum atomic E-state index is -4.49. The maximum Gasteiger partial charge on any atom is 0.416 e. The molecule has 0 fully saturated rings. The number of pyridine rings is 1. The number of benzene rings is 1. The molecule has 0 saturated carbocycles. The molecule has 0 saturated heterocycles. The number of amides is 2. The van der Waals surface area contributed by atoms with Crippen molar-refractivity contribution in [1.29, 1.82) is 0 Å². The van der Waals surface area contributed by atoms with Crippen LogP contribution in [0.5, 0.6) is 0 Å². The van der Waals surface area contributed by atoms with Crippen molar-refractivity contribution in [2.24, 2.45) is 0 Å². The van der Waals surface area contributed by atoms with E-state index < -0.39 is 29.4 Å². The number of anilines is 2. The summed E-state index contributed by atoms with van der Waals surface area (Å²) in [5, 5.41) is 6.66. The van der Waals surface area contributed by atoms with Gasteiger partial charge in [-0.1, -0.05) is 0 Å². The molecule has 32 heavy (non-hydrogen) atoms. The molecule has 1 aromatic carbocycles. The number of hydrogen-bond acceptors (Lipinski definition) is 4. The third kappa shape index (κ3) is 3.70. The molecule has 2 amide bonds. The van der Waals surface area contributed by atoms with Crippen molar-refractivity contribution in [1.82, 2.24) is 14.8 Å². The lowest BCUT2D eigenvalue weighted by Gasteiger charge is -2.32. The average Bonchev–Trinajstić information content (AvgIpc) is 3.20. The van der Waals surface area contributed by atoms with Gasteiger partial charge in [0.15, 0.2) is 0 Å². The molecule has 0 spiro atoms. The molecular weight excluding hydrogens is 430 g/mol. The summed E-state index contributed by atoms with van der Waals surface area (Å²) in [6, 6.07) is 3.87. The first kappa shape index (κ1) is 21.5. The van der Waals surface area contributed by atoms with Gasteiger partial charge in [0.25, 0.3) is 11.8 Å². The molecule has 0 bridgehead atoms. The van der Waals surface area contributed by atoms with Crippen LogP contribution in [0.1, 0.15) is 44.9 Å². The van der Waals surface area contributed by atoms with Crippen LogP contribution in [0, 0.1) is 12.7 Å². The number of rotatable bonds is 3. The van der Waals surface area contributed by atoms with Crippen molar-refractivity contribution in [3.05, 3.63) is 71.1 Å². The zero-order chi connectivity index (χ0) is 23.2. The summed E-state index contributed by atoms with van der Waals surface area (Å²) in [6.07, 6.45) is -0.964. The predicted molar refractivity (Wildman–Crippen MR) is 107 cm³/mol. The molecule has 1 N–H and O–H groups in total. The van der Waals surface area contributed by atoms with E-state index in [0.717, 1.165) is 18.3 Å². The van der Waals surface area contributed by atoms with E-state index in [4.69, 9.17) is 0 Å². The minimum absolute atomic E-state index is 0.0110. The van der Waals surface area contributed by atoms with Gasteiger partial charge >= 0.3 is 6.18 Å². The number of carbonyl (C=O) groups is 2. The lowest BCUT2D eigenvalue weighted by atomic mass is 10.1. The standard InChI is InChI=1S/C21H17F4N5O2/c1-11-10-29(14-5-3-13(4-6-14)21(23,24)25)20(32)18-15(7-27-30(11)18)19(31)28-17-9-26-8-16(22)12(17)2/h3-9,11H,10H2,1-2H3,(H,28,31)/t11-/m0/s1. The van der Waals surface area contributed by atoms with Crippen molar-refractivity contribution < 1.29 is 27.2 Å². The van der Waals surface area contributed by atoms with Crippen LogP contribution in [0.25, 0.3) is 0 Å². The van der Waals surface area contributed by atoms with Crippen LogP contribution in [0.3, 0.4) is 0 Å². The number of nitrogens with one attached hydrogen (secondary N) is 1. The van der Waals surface area contributed by atoms with Crippen molar-refractivity contribution in [2.75, 3.05) is 16.8 Å². The Balaban J connectivity index is 1.66. The Bertz CT molecular complexity index is 1200. The molecule has 0 unspecified atom stereocenters. The van der Waals surface area contributed by atoms with Gasteiger partial charge in [-0.25, -0.2) is 4.39 Å². The molecule has 2 aromatic heterocycles. The Kier molecular flexibility index (Phi) is 5.19. The van der Waals surface area contributed by atoms with E-state index in [1.807, 2.05) is 0 Å². The normalized spacial score (nSPS) is 16.1. The van der Waals surface area contributed by atoms with Crippen LogP contribution >= 0.6 is 0 Å². The second-order valence-electron chi connectivity index (χ2n) is 7.41. The predicted octanol–water partition coefficient (Wildman–Crippen LogP) is 4.22. The smallest absolute Gasteiger partial charge is 0.320 e. The number of nitrogens with zero attached hydrogens (tertiary/aromatic N) is 4. The molecule has 166 valence electrons. The van der Waals surface area contributed by atoms with Gasteiger partial charge in [0.2, 0.25) is 0 Å². The molecule has 0 aliphatic carbocycles. The molecular formula is C21H17F4N5O2. The van der Waals surface area contributed by atoms with Gasteiger partial charge in [-0.2, -0.15) is 18.3 Å². The highest BCUT2D eigenvalue weighted by atomic mass is 19.4. The fourth-order valence-electron chi connectivity index (χ4n) is 3.50. The Morgan fingerprint density at radius 1 is 1.16 bits per heavy atom. The lowest BCUT2D eigenvalue weighted by molar-refractivity contribution is -0.137. The van der Waals surface area contributed by atoms with E-state index in [2.05, 4.69) is 15.4 Å². The lowest BCUT2D eigenvalue weighted by Crippen LogP contribution is -2.43. The second-order valence-corrected chi connectivity index (χ2v) is 7.41. The minimum Gasteiger partial charge on any atom is -0.320 e. The molecule has 1 atom stereocenters. The molecule has 3 aromatic rings. The maximum absolute atomic E-state index is 13.7. The fraction of sp³-hybridized carbons (Fsp3) is 0.238. The highest BCUT2D eigenvalue weighted by molar-refractivity contribution is 6.15. The van der Waals surface area contributed by atoms with Crippen LogP contribution in [0.15, 0.2) is 42.9 Å². The van der Waals surface area contributed by atoms with Gasteiger partial charge in [-0.3, -0.25) is 19.3 Å². The number of aromatic nitrogens is 3. The van der Waals surface area contributed by atoms with Crippen LogP contribution in [0.2, 0.25) is 0 Å². The third-order valence-corrected chi connectivity index (χ3v) is 5.26. The van der Waals surface area contributed by atoms with Crippen LogP contribution < -0.4 is 10.2 Å². The van der Waals surface area contributed by atoms with E-state index in [0.29, 0.717) is 0 Å². The van der Waals surface area contributed by atoms with Gasteiger partial charge < -0.3 is 10.2 Å². The van der Waals surface area contributed by atoms with Gasteiger partial charge in [0.05, 0.1) is 41.4 Å². The first-order chi connectivity index (χ1) is 15.1. The van der Waals surface area contributed by atoms with Crippen LogP contribution in [-0.2, 0) is 6.18 Å². The molecule has 0 radical (unpaired) electrons. The maximum atomic E-state index is 13.7. The Hall–Kier alpha value is -3.76. The summed E-state index contributed by atoms with van der Waals surface area (Å²) in [6.45, 7) is 3.40. The molecule has 11 heteroatoms. The SMILES string of the molecule is Cc1c(F)cncc1NC(=O)c1cnn2c1C(=O)N(c1ccc(C(F)(F)F)cc1)C[C@@H]2C. The summed E-state index contributed by atoms with van der Waals surface area (Å²) in [5.74, 6) is -1.87. The quantitative estimate of drug-likeness (QED) is 0.610. The van der Waals surface area contributed by atoms with Crippen LogP contribution in [0.4, 0.5) is 28.9 Å². The van der Waals surface area contributed by atoms with Crippen molar-refractivity contribution in [3.63, 3.8) is 0 Å². The number of hydrogen-bond donors (Lipinski definition) is 1. The van der Waals surface area contributed by atoms with E-state index in [9.17, 15) is 27.2 Å². The molecule has 7 nitrogen and oxygen atoms in total. The van der Waals surface area contributed by atoms with E-state index in [1.54, 1.807) is 6.92 Å². The monoisotopic (exact) mass is 447 g/mol. The zero-order valence-electron chi connectivity index (χ0n) is 16.9. The zero-order valence-corrected chi connectivity index (χ0v) is 16.9. The first-order valence-electron chi connectivity index (χ1n) is 9.56. The van der Waals surface area contributed by atoms with Gasteiger partial charge in [0, 0.05) is 17.8 Å². The molecule has 3 heterocycles. The van der Waals surface area contributed by atoms with E-state index >= 15 is 0 Å². The van der Waals surface area contributed by atoms with Gasteiger partial charge in [-0.05, 0) is 38.1 Å². The van der Waals surface area contributed by atoms with Crippen molar-refractivity contribution in [2.45, 2.75) is 26.1 Å². The van der Waals surface area contributed by atoms with Crippen molar-refractivity contribution in [3.8, 4) is 0 Å². The molecule has 1 aliphatic rings. The number of alkyl halides is 3. The average molecular weight is 447 g/mol. The second kappa shape index (κ2) is 7.74. The van der Waals surface area contributed by atoms with Crippen LogP contribution in [-0.4, -0.2) is 33.1 Å². The Morgan fingerprint density at radius 3 is 2.50 bits per heavy atom. The third-order valence-electron chi connectivity index (χ3n) is 5.26. The topological polar surface area (TPSA) is 80.1 Å². The van der Waals surface area contributed by atoms with Crippen molar-refractivity contribution >= 4 is 23.2 Å². The van der Waals surface area contributed by atoms with Gasteiger partial charge in [0.1, 0.15) is 11.5 Å². The largest absolute Gasteiger partial charge is 0.416 e. The number of fused-ring (bicyclic) bond motifs is 1. The summed E-state index contributed by atoms with van der Waals surface area (Å²) in [5.41, 5.74) is -0.293. The summed E-state index contributed by atoms with van der Waals surface area (Å²) < 4.78 is 53.7. The Labute approximate surface area is 179 Å². The summed E-state index contributed by atoms with van der Waals surface area (Å²) in [7, 11) is 0. The Morgan fingerprint density at radius 2 is 1.84 bits per heavy atom. The molecule has 1 aliphatic heterocycles. The number of carbonyl (C=O) groups excluding carboxylic acids is 2. The molecule has 4 rings (SSSR count).